The molecule has 3 rings (SSSR count). The summed E-state index contributed by atoms with van der Waals surface area (Å²) in [6.45, 7) is 4.18. The number of imidazole rings is 1. The Morgan fingerprint density at radius 2 is 2.24 bits per heavy atom. The molecule has 0 bridgehead atoms. The number of carbonyl (C=O) groups is 1. The number of nitrogens with zero attached hydrogens (tertiary/aromatic N) is 5. The van der Waals surface area contributed by atoms with Gasteiger partial charge in [-0.3, -0.25) is 4.79 Å². The van der Waals surface area contributed by atoms with Crippen LogP contribution in [-0.4, -0.2) is 35.5 Å². The number of aromatic nitrogens is 6. The van der Waals surface area contributed by atoms with Crippen molar-refractivity contribution in [2.75, 3.05) is 0 Å². The number of hydrogen-bond donors (Lipinski definition) is 2. The first-order valence-corrected chi connectivity index (χ1v) is 6.56. The van der Waals surface area contributed by atoms with Crippen LogP contribution in [0.3, 0.4) is 0 Å². The number of aromatic amines is 1. The summed E-state index contributed by atoms with van der Waals surface area (Å²) in [5, 5.41) is 7.06. The molecule has 0 saturated carbocycles. The van der Waals surface area contributed by atoms with E-state index in [2.05, 4.69) is 30.4 Å². The van der Waals surface area contributed by atoms with Gasteiger partial charge in [0.2, 0.25) is 5.91 Å². The molecule has 0 aliphatic rings. The third-order valence-corrected chi connectivity index (χ3v) is 2.99. The summed E-state index contributed by atoms with van der Waals surface area (Å²) in [6.07, 6.45) is 3.46. The molecule has 3 aromatic heterocycles. The maximum atomic E-state index is 11.9. The number of H-pyrrole nitrogens is 1. The molecule has 0 spiro atoms. The molecule has 0 aromatic carbocycles. The fourth-order valence-electron chi connectivity index (χ4n) is 2.07. The highest BCUT2D eigenvalue weighted by Crippen LogP contribution is 2.05. The molecule has 108 valence electrons. The number of aryl methyl sites for hydroxylation is 2. The predicted octanol–water partition coefficient (Wildman–Crippen LogP) is 0.323. The van der Waals surface area contributed by atoms with E-state index in [0.717, 1.165) is 11.4 Å². The topological polar surface area (TPSA) is 101 Å². The Hall–Kier alpha value is -2.77. The van der Waals surface area contributed by atoms with Crippen LogP contribution in [-0.2, 0) is 17.8 Å². The van der Waals surface area contributed by atoms with E-state index in [9.17, 15) is 4.79 Å². The van der Waals surface area contributed by atoms with Gasteiger partial charge in [-0.2, -0.15) is 4.98 Å². The van der Waals surface area contributed by atoms with E-state index in [-0.39, 0.29) is 12.3 Å². The summed E-state index contributed by atoms with van der Waals surface area (Å²) in [5.74, 6) is 1.52. The number of fused-ring (bicyclic) bond motifs is 1. The van der Waals surface area contributed by atoms with Gasteiger partial charge in [-0.05, 0) is 19.9 Å². The number of amides is 1. The van der Waals surface area contributed by atoms with Crippen LogP contribution < -0.4 is 5.32 Å². The van der Waals surface area contributed by atoms with E-state index in [1.807, 2.05) is 19.9 Å². The van der Waals surface area contributed by atoms with Gasteiger partial charge in [0.25, 0.3) is 5.78 Å². The number of carbonyl (C=O) groups excluding carboxylic acids is 1. The lowest BCUT2D eigenvalue weighted by Crippen LogP contribution is -2.25. The Labute approximate surface area is 120 Å². The zero-order valence-corrected chi connectivity index (χ0v) is 11.8. The van der Waals surface area contributed by atoms with Crippen molar-refractivity contribution in [1.29, 1.82) is 0 Å². The highest BCUT2D eigenvalue weighted by atomic mass is 16.1. The van der Waals surface area contributed by atoms with Crippen LogP contribution in [0.2, 0.25) is 0 Å². The lowest BCUT2D eigenvalue weighted by molar-refractivity contribution is -0.120. The quantitative estimate of drug-likeness (QED) is 0.719. The van der Waals surface area contributed by atoms with Crippen molar-refractivity contribution in [3.8, 4) is 0 Å². The third-order valence-electron chi connectivity index (χ3n) is 2.99. The van der Waals surface area contributed by atoms with Crippen LogP contribution in [0.25, 0.3) is 5.78 Å². The Morgan fingerprint density at radius 1 is 1.38 bits per heavy atom. The van der Waals surface area contributed by atoms with E-state index >= 15 is 0 Å². The molecule has 8 heteroatoms. The first-order chi connectivity index (χ1) is 10.1. The zero-order chi connectivity index (χ0) is 14.8. The van der Waals surface area contributed by atoms with Crippen molar-refractivity contribution < 1.29 is 4.79 Å². The van der Waals surface area contributed by atoms with Crippen LogP contribution in [0.1, 0.15) is 23.0 Å². The lowest BCUT2D eigenvalue weighted by atomic mass is 10.4. The zero-order valence-electron chi connectivity index (χ0n) is 11.8. The molecule has 0 radical (unpaired) electrons. The Kier molecular flexibility index (Phi) is 3.35. The molecule has 0 unspecified atom stereocenters. The third kappa shape index (κ3) is 2.88. The molecular weight excluding hydrogens is 270 g/mol. The van der Waals surface area contributed by atoms with Crippen molar-refractivity contribution >= 4 is 11.7 Å². The Morgan fingerprint density at radius 3 is 3.00 bits per heavy atom. The maximum Gasteiger partial charge on any atom is 0.252 e. The van der Waals surface area contributed by atoms with Gasteiger partial charge in [0.05, 0.1) is 13.0 Å². The average molecular weight is 285 g/mol. The smallest absolute Gasteiger partial charge is 0.252 e. The van der Waals surface area contributed by atoms with Crippen LogP contribution in [0.4, 0.5) is 0 Å². The van der Waals surface area contributed by atoms with Gasteiger partial charge in [-0.1, -0.05) is 0 Å². The second-order valence-corrected chi connectivity index (χ2v) is 4.77. The predicted molar refractivity (Wildman–Crippen MR) is 74.4 cm³/mol. The molecular formula is C13H15N7O. The van der Waals surface area contributed by atoms with Gasteiger partial charge in [0, 0.05) is 23.8 Å². The molecule has 21 heavy (non-hydrogen) atoms. The SMILES string of the molecule is Cc1cc(C)n2nc(CC(=O)NCc3ncc[nH]3)nc2n1. The van der Waals surface area contributed by atoms with Crippen LogP contribution in [0, 0.1) is 13.8 Å². The van der Waals surface area contributed by atoms with Gasteiger partial charge in [-0.25, -0.2) is 14.5 Å². The van der Waals surface area contributed by atoms with Crippen molar-refractivity contribution in [2.45, 2.75) is 26.8 Å². The van der Waals surface area contributed by atoms with Crippen molar-refractivity contribution in [2.24, 2.45) is 0 Å². The first-order valence-electron chi connectivity index (χ1n) is 6.56. The second-order valence-electron chi connectivity index (χ2n) is 4.77. The molecule has 0 saturated heterocycles. The van der Waals surface area contributed by atoms with Crippen molar-refractivity contribution in [1.82, 2.24) is 34.9 Å². The number of rotatable bonds is 4. The minimum atomic E-state index is -0.156. The summed E-state index contributed by atoms with van der Waals surface area (Å²) in [4.78, 5) is 27.4. The minimum absolute atomic E-state index is 0.114. The molecule has 0 aliphatic heterocycles. The summed E-state index contributed by atoms with van der Waals surface area (Å²) in [7, 11) is 0. The van der Waals surface area contributed by atoms with Gasteiger partial charge >= 0.3 is 0 Å². The van der Waals surface area contributed by atoms with Gasteiger partial charge in [0.15, 0.2) is 5.82 Å². The van der Waals surface area contributed by atoms with E-state index in [1.54, 1.807) is 16.9 Å². The number of hydrogen-bond acceptors (Lipinski definition) is 5. The normalized spacial score (nSPS) is 11.0. The molecule has 2 N–H and O–H groups in total. The molecule has 3 aromatic rings. The monoisotopic (exact) mass is 285 g/mol. The van der Waals surface area contributed by atoms with E-state index in [4.69, 9.17) is 0 Å². The summed E-state index contributed by atoms with van der Waals surface area (Å²) in [5.41, 5.74) is 1.81. The number of nitrogens with one attached hydrogen (secondary N) is 2. The van der Waals surface area contributed by atoms with Gasteiger partial charge in [0.1, 0.15) is 5.82 Å². The minimum Gasteiger partial charge on any atom is -0.348 e. The van der Waals surface area contributed by atoms with E-state index < -0.39 is 0 Å². The molecule has 0 fully saturated rings. The van der Waals surface area contributed by atoms with Crippen molar-refractivity contribution in [3.63, 3.8) is 0 Å². The van der Waals surface area contributed by atoms with Gasteiger partial charge in [-0.15, -0.1) is 5.10 Å². The highest BCUT2D eigenvalue weighted by Gasteiger charge is 2.11. The molecule has 3 heterocycles. The molecule has 0 aliphatic carbocycles. The molecule has 0 atom stereocenters. The van der Waals surface area contributed by atoms with Crippen molar-refractivity contribution in [3.05, 3.63) is 41.5 Å². The molecule has 1 amide bonds. The lowest BCUT2D eigenvalue weighted by Gasteiger charge is -2.00. The van der Waals surface area contributed by atoms with E-state index in [0.29, 0.717) is 24.0 Å². The first kappa shape index (κ1) is 13.2. The van der Waals surface area contributed by atoms with E-state index in [1.165, 1.54) is 0 Å². The van der Waals surface area contributed by atoms with Crippen LogP contribution in [0.5, 0.6) is 0 Å². The van der Waals surface area contributed by atoms with Crippen LogP contribution >= 0.6 is 0 Å². The van der Waals surface area contributed by atoms with Gasteiger partial charge < -0.3 is 10.3 Å². The summed E-state index contributed by atoms with van der Waals surface area (Å²) in [6, 6.07) is 1.92. The fourth-order valence-corrected chi connectivity index (χ4v) is 2.07. The summed E-state index contributed by atoms with van der Waals surface area (Å²) >= 11 is 0. The van der Waals surface area contributed by atoms with Crippen LogP contribution in [0.15, 0.2) is 18.5 Å². The second kappa shape index (κ2) is 5.31. The highest BCUT2D eigenvalue weighted by molar-refractivity contribution is 5.77. The Bertz CT molecular complexity index is 775. The molecule has 8 nitrogen and oxygen atoms in total. The summed E-state index contributed by atoms with van der Waals surface area (Å²) < 4.78 is 1.64. The average Bonchev–Trinajstić information content (AvgIpc) is 3.05. The Balaban J connectivity index is 1.69. The standard InChI is InChI=1S/C13H15N7O/c1-8-5-9(2)20-13(17-8)18-10(19-20)6-12(21)16-7-11-14-3-4-15-11/h3-5H,6-7H2,1-2H3,(H,14,15)(H,16,21). The maximum absolute atomic E-state index is 11.9. The fraction of sp³-hybridized carbons (Fsp3) is 0.308. The largest absolute Gasteiger partial charge is 0.348 e.